The van der Waals surface area contributed by atoms with Gasteiger partial charge in [-0.05, 0) is 22.4 Å². The molecular weight excluding hydrogens is 324 g/mol. The standard InChI is InChI=1S/C10H15BrN2O2S2/c1-3-4-9-12-8(11)7-10(13-9)16-5-6-17(2,14)15/h7H,3-6H2,1-2H3. The number of halogens is 1. The van der Waals surface area contributed by atoms with Crippen LogP contribution in [0.25, 0.3) is 0 Å². The molecule has 0 unspecified atom stereocenters. The fourth-order valence-corrected chi connectivity index (χ4v) is 3.84. The molecule has 4 nitrogen and oxygen atoms in total. The Hall–Kier alpha value is -0.140. The maximum Gasteiger partial charge on any atom is 0.148 e. The van der Waals surface area contributed by atoms with Crippen LogP contribution in [-0.2, 0) is 16.3 Å². The lowest BCUT2D eigenvalue weighted by molar-refractivity contribution is 0.603. The molecular formula is C10H15BrN2O2S2. The molecule has 1 heterocycles. The van der Waals surface area contributed by atoms with Gasteiger partial charge >= 0.3 is 0 Å². The van der Waals surface area contributed by atoms with Crippen LogP contribution in [0.15, 0.2) is 15.7 Å². The number of hydrogen-bond donors (Lipinski definition) is 0. The third-order valence-corrected chi connectivity index (χ3v) is 4.42. The van der Waals surface area contributed by atoms with Gasteiger partial charge in [0.2, 0.25) is 0 Å². The van der Waals surface area contributed by atoms with Crippen LogP contribution < -0.4 is 0 Å². The number of rotatable bonds is 6. The Morgan fingerprint density at radius 2 is 2.12 bits per heavy atom. The number of thioether (sulfide) groups is 1. The van der Waals surface area contributed by atoms with E-state index in [1.54, 1.807) is 0 Å². The number of aromatic nitrogens is 2. The van der Waals surface area contributed by atoms with E-state index in [0.717, 1.165) is 28.3 Å². The Labute approximate surface area is 115 Å². The Kier molecular flexibility index (Phi) is 5.88. The molecule has 0 bridgehead atoms. The lowest BCUT2D eigenvalue weighted by atomic mass is 10.3. The zero-order valence-corrected chi connectivity index (χ0v) is 13.0. The van der Waals surface area contributed by atoms with Crippen LogP contribution in [0.2, 0.25) is 0 Å². The van der Waals surface area contributed by atoms with Gasteiger partial charge in [-0.3, -0.25) is 0 Å². The molecule has 1 aromatic heterocycles. The van der Waals surface area contributed by atoms with Crippen molar-refractivity contribution in [3.63, 3.8) is 0 Å². The van der Waals surface area contributed by atoms with Crippen molar-refractivity contribution in [1.82, 2.24) is 9.97 Å². The van der Waals surface area contributed by atoms with Crippen molar-refractivity contribution in [3.05, 3.63) is 16.5 Å². The monoisotopic (exact) mass is 338 g/mol. The molecule has 0 radical (unpaired) electrons. The topological polar surface area (TPSA) is 59.9 Å². The first-order valence-electron chi connectivity index (χ1n) is 5.24. The van der Waals surface area contributed by atoms with E-state index < -0.39 is 9.84 Å². The molecule has 0 aliphatic heterocycles. The minimum Gasteiger partial charge on any atom is -0.229 e. The van der Waals surface area contributed by atoms with Gasteiger partial charge in [-0.2, -0.15) is 0 Å². The number of nitrogens with zero attached hydrogens (tertiary/aromatic N) is 2. The molecule has 1 aromatic rings. The summed E-state index contributed by atoms with van der Waals surface area (Å²) in [6.07, 6.45) is 3.06. The van der Waals surface area contributed by atoms with E-state index in [1.165, 1.54) is 18.0 Å². The first-order chi connectivity index (χ1) is 7.90. The average molecular weight is 339 g/mol. The van der Waals surface area contributed by atoms with Crippen LogP contribution in [0, 0.1) is 0 Å². The van der Waals surface area contributed by atoms with Crippen molar-refractivity contribution < 1.29 is 8.42 Å². The molecule has 0 aliphatic rings. The maximum absolute atomic E-state index is 11.0. The Morgan fingerprint density at radius 1 is 1.41 bits per heavy atom. The van der Waals surface area contributed by atoms with Gasteiger partial charge in [0.1, 0.15) is 25.3 Å². The molecule has 0 saturated heterocycles. The van der Waals surface area contributed by atoms with Gasteiger partial charge in [-0.1, -0.05) is 6.92 Å². The van der Waals surface area contributed by atoms with Crippen LogP contribution in [0.1, 0.15) is 19.2 Å². The minimum absolute atomic E-state index is 0.169. The van der Waals surface area contributed by atoms with Gasteiger partial charge in [0.15, 0.2) is 0 Å². The van der Waals surface area contributed by atoms with Gasteiger partial charge in [-0.15, -0.1) is 11.8 Å². The summed E-state index contributed by atoms with van der Waals surface area (Å²) < 4.78 is 22.8. The molecule has 96 valence electrons. The summed E-state index contributed by atoms with van der Waals surface area (Å²) >= 11 is 4.77. The maximum atomic E-state index is 11.0. The van der Waals surface area contributed by atoms with Gasteiger partial charge < -0.3 is 0 Å². The summed E-state index contributed by atoms with van der Waals surface area (Å²) in [7, 11) is -2.90. The molecule has 0 N–H and O–H groups in total. The van der Waals surface area contributed by atoms with Crippen molar-refractivity contribution in [2.24, 2.45) is 0 Å². The van der Waals surface area contributed by atoms with Crippen molar-refractivity contribution in [1.29, 1.82) is 0 Å². The molecule has 17 heavy (non-hydrogen) atoms. The normalized spacial score (nSPS) is 11.7. The van der Waals surface area contributed by atoms with Gasteiger partial charge in [0.05, 0.1) is 5.75 Å². The summed E-state index contributed by atoms with van der Waals surface area (Å²) in [5.74, 6) is 1.49. The van der Waals surface area contributed by atoms with E-state index in [1.807, 2.05) is 6.07 Å². The Bertz CT molecular complexity index is 477. The van der Waals surface area contributed by atoms with Gasteiger partial charge in [0, 0.05) is 24.5 Å². The highest BCUT2D eigenvalue weighted by Gasteiger charge is 2.06. The molecule has 0 fully saturated rings. The van der Waals surface area contributed by atoms with Crippen LogP contribution in [0.3, 0.4) is 0 Å². The van der Waals surface area contributed by atoms with Crippen molar-refractivity contribution in [3.8, 4) is 0 Å². The zero-order chi connectivity index (χ0) is 12.9. The highest BCUT2D eigenvalue weighted by atomic mass is 79.9. The summed E-state index contributed by atoms with van der Waals surface area (Å²) in [5.41, 5.74) is 0. The summed E-state index contributed by atoms with van der Waals surface area (Å²) in [4.78, 5) is 8.62. The van der Waals surface area contributed by atoms with Gasteiger partial charge in [0.25, 0.3) is 0 Å². The second-order valence-corrected chi connectivity index (χ2v) is 7.86. The second-order valence-electron chi connectivity index (χ2n) is 3.67. The van der Waals surface area contributed by atoms with Crippen LogP contribution in [0.4, 0.5) is 0 Å². The Morgan fingerprint density at radius 3 is 2.71 bits per heavy atom. The summed E-state index contributed by atoms with van der Waals surface area (Å²) in [5, 5.41) is 0.818. The zero-order valence-electron chi connectivity index (χ0n) is 9.81. The van der Waals surface area contributed by atoms with Crippen molar-refractivity contribution >= 4 is 37.5 Å². The van der Waals surface area contributed by atoms with Crippen LogP contribution >= 0.6 is 27.7 Å². The number of aryl methyl sites for hydroxylation is 1. The SMILES string of the molecule is CCCc1nc(Br)cc(SCCS(C)(=O)=O)n1. The quantitative estimate of drug-likeness (QED) is 0.588. The van der Waals surface area contributed by atoms with Crippen molar-refractivity contribution in [2.75, 3.05) is 17.8 Å². The van der Waals surface area contributed by atoms with E-state index in [-0.39, 0.29) is 5.75 Å². The van der Waals surface area contributed by atoms with E-state index >= 15 is 0 Å². The van der Waals surface area contributed by atoms with E-state index in [4.69, 9.17) is 0 Å². The molecule has 1 rings (SSSR count). The average Bonchev–Trinajstić information content (AvgIpc) is 2.15. The molecule has 0 saturated carbocycles. The van der Waals surface area contributed by atoms with Gasteiger partial charge in [-0.25, -0.2) is 18.4 Å². The molecule has 0 amide bonds. The first-order valence-corrected chi connectivity index (χ1v) is 9.08. The minimum atomic E-state index is -2.90. The van der Waals surface area contributed by atoms with E-state index in [2.05, 4.69) is 32.8 Å². The smallest absolute Gasteiger partial charge is 0.148 e. The molecule has 0 atom stereocenters. The lowest BCUT2D eigenvalue weighted by Crippen LogP contribution is -2.05. The summed E-state index contributed by atoms with van der Waals surface area (Å²) in [6.45, 7) is 2.07. The first kappa shape index (κ1) is 14.9. The van der Waals surface area contributed by atoms with Crippen LogP contribution in [0.5, 0.6) is 0 Å². The van der Waals surface area contributed by atoms with Crippen molar-refractivity contribution in [2.45, 2.75) is 24.8 Å². The van der Waals surface area contributed by atoms with E-state index in [9.17, 15) is 8.42 Å². The van der Waals surface area contributed by atoms with Crippen LogP contribution in [-0.4, -0.2) is 36.1 Å². The highest BCUT2D eigenvalue weighted by molar-refractivity contribution is 9.10. The predicted octanol–water partition coefficient (Wildman–Crippen LogP) is 2.33. The third-order valence-electron chi connectivity index (χ3n) is 1.90. The summed E-state index contributed by atoms with van der Waals surface area (Å²) in [6, 6.07) is 1.81. The fourth-order valence-electron chi connectivity index (χ4n) is 1.15. The molecule has 0 aliphatic carbocycles. The largest absolute Gasteiger partial charge is 0.229 e. The highest BCUT2D eigenvalue weighted by Crippen LogP contribution is 2.19. The lowest BCUT2D eigenvalue weighted by Gasteiger charge is -2.04. The second kappa shape index (κ2) is 6.70. The number of hydrogen-bond acceptors (Lipinski definition) is 5. The van der Waals surface area contributed by atoms with E-state index in [0.29, 0.717) is 5.75 Å². The molecule has 0 aromatic carbocycles. The third kappa shape index (κ3) is 6.38. The molecule has 7 heteroatoms. The fraction of sp³-hybridized carbons (Fsp3) is 0.600. The number of sulfone groups is 1. The molecule has 0 spiro atoms. The Balaban J connectivity index is 2.64. The predicted molar refractivity (Wildman–Crippen MR) is 74.2 cm³/mol.